The lowest BCUT2D eigenvalue weighted by Gasteiger charge is -2.05. The molecule has 1 aromatic carbocycles. The standard InChI is InChI=1S/C12H7Cl2N3OS/c1-18-7-2-4-8(5-3-7)19-11-9(6-15)10(13)16-12(14)17-11/h2-5H,1H3. The Morgan fingerprint density at radius 3 is 2.47 bits per heavy atom. The van der Waals surface area contributed by atoms with Crippen molar-refractivity contribution >= 4 is 35.0 Å². The van der Waals surface area contributed by atoms with E-state index in [-0.39, 0.29) is 16.0 Å². The average Bonchev–Trinajstić information content (AvgIpc) is 2.39. The molecule has 96 valence electrons. The Hall–Kier alpha value is -1.48. The van der Waals surface area contributed by atoms with Gasteiger partial charge in [-0.2, -0.15) is 5.26 Å². The molecule has 1 aromatic heterocycles. The molecule has 0 fully saturated rings. The average molecular weight is 312 g/mol. The molecule has 1 heterocycles. The van der Waals surface area contributed by atoms with Crippen LogP contribution in [-0.2, 0) is 0 Å². The van der Waals surface area contributed by atoms with Gasteiger partial charge in [0.25, 0.3) is 0 Å². The molecule has 0 radical (unpaired) electrons. The molecule has 0 N–H and O–H groups in total. The van der Waals surface area contributed by atoms with Crippen LogP contribution in [0, 0.1) is 11.3 Å². The van der Waals surface area contributed by atoms with Crippen molar-refractivity contribution in [2.24, 2.45) is 0 Å². The summed E-state index contributed by atoms with van der Waals surface area (Å²) in [6, 6.07) is 9.32. The van der Waals surface area contributed by atoms with Gasteiger partial charge in [-0.05, 0) is 35.9 Å². The first-order valence-corrected chi connectivity index (χ1v) is 6.66. The van der Waals surface area contributed by atoms with Crippen LogP contribution in [0.4, 0.5) is 0 Å². The minimum Gasteiger partial charge on any atom is -0.497 e. The molecule has 0 aliphatic rings. The van der Waals surface area contributed by atoms with Crippen LogP contribution in [0.25, 0.3) is 0 Å². The van der Waals surface area contributed by atoms with Gasteiger partial charge < -0.3 is 4.74 Å². The molecule has 0 saturated carbocycles. The first-order valence-electron chi connectivity index (χ1n) is 5.09. The lowest BCUT2D eigenvalue weighted by Crippen LogP contribution is -1.93. The van der Waals surface area contributed by atoms with E-state index in [0.717, 1.165) is 10.6 Å². The third-order valence-electron chi connectivity index (χ3n) is 2.19. The second kappa shape index (κ2) is 6.11. The molecule has 0 saturated heterocycles. The topological polar surface area (TPSA) is 58.8 Å². The molecule has 2 rings (SSSR count). The molecule has 2 aromatic rings. The zero-order valence-corrected chi connectivity index (χ0v) is 12.1. The Balaban J connectivity index is 2.34. The van der Waals surface area contributed by atoms with Crippen molar-refractivity contribution in [3.8, 4) is 11.8 Å². The van der Waals surface area contributed by atoms with Gasteiger partial charge in [-0.3, -0.25) is 0 Å². The second-order valence-corrected chi connectivity index (χ2v) is 5.11. The van der Waals surface area contributed by atoms with Crippen LogP contribution in [0.1, 0.15) is 5.56 Å². The summed E-state index contributed by atoms with van der Waals surface area (Å²) in [5.41, 5.74) is 0.215. The van der Waals surface area contributed by atoms with E-state index in [1.165, 1.54) is 11.8 Å². The number of nitriles is 1. The summed E-state index contributed by atoms with van der Waals surface area (Å²) < 4.78 is 5.07. The predicted octanol–water partition coefficient (Wildman–Crippen LogP) is 3.81. The maximum Gasteiger partial charge on any atom is 0.224 e. The van der Waals surface area contributed by atoms with E-state index in [1.807, 2.05) is 30.3 Å². The fourth-order valence-corrected chi connectivity index (χ4v) is 2.72. The second-order valence-electron chi connectivity index (χ2n) is 3.35. The highest BCUT2D eigenvalue weighted by atomic mass is 35.5. The van der Waals surface area contributed by atoms with Crippen molar-refractivity contribution in [3.05, 3.63) is 40.3 Å². The first-order chi connectivity index (χ1) is 9.13. The van der Waals surface area contributed by atoms with Crippen molar-refractivity contribution in [1.82, 2.24) is 9.97 Å². The maximum atomic E-state index is 9.06. The summed E-state index contributed by atoms with van der Waals surface area (Å²) in [6.07, 6.45) is 0. The zero-order chi connectivity index (χ0) is 13.8. The van der Waals surface area contributed by atoms with Crippen molar-refractivity contribution in [2.45, 2.75) is 9.92 Å². The third kappa shape index (κ3) is 3.29. The van der Waals surface area contributed by atoms with Gasteiger partial charge in [0.2, 0.25) is 5.28 Å². The number of hydrogen-bond donors (Lipinski definition) is 0. The molecule has 0 amide bonds. The monoisotopic (exact) mass is 311 g/mol. The van der Waals surface area contributed by atoms with Gasteiger partial charge >= 0.3 is 0 Å². The molecular formula is C12H7Cl2N3OS. The number of hydrogen-bond acceptors (Lipinski definition) is 5. The number of benzene rings is 1. The summed E-state index contributed by atoms with van der Waals surface area (Å²) in [5.74, 6) is 0.753. The number of methoxy groups -OCH3 is 1. The van der Waals surface area contributed by atoms with Crippen LogP contribution in [0.2, 0.25) is 10.4 Å². The molecule has 4 nitrogen and oxygen atoms in total. The molecular weight excluding hydrogens is 305 g/mol. The SMILES string of the molecule is COc1ccc(Sc2nc(Cl)nc(Cl)c2C#N)cc1. The zero-order valence-electron chi connectivity index (χ0n) is 9.72. The Morgan fingerprint density at radius 1 is 1.21 bits per heavy atom. The van der Waals surface area contributed by atoms with E-state index >= 15 is 0 Å². The highest BCUT2D eigenvalue weighted by molar-refractivity contribution is 7.99. The van der Waals surface area contributed by atoms with Gasteiger partial charge in [0.15, 0.2) is 5.15 Å². The van der Waals surface area contributed by atoms with Gasteiger partial charge in [-0.15, -0.1) is 0 Å². The summed E-state index contributed by atoms with van der Waals surface area (Å²) >= 11 is 12.9. The van der Waals surface area contributed by atoms with Gasteiger partial charge in [-0.25, -0.2) is 9.97 Å². The molecule has 19 heavy (non-hydrogen) atoms. The van der Waals surface area contributed by atoms with Gasteiger partial charge in [0.05, 0.1) is 7.11 Å². The fourth-order valence-electron chi connectivity index (χ4n) is 1.31. The smallest absolute Gasteiger partial charge is 0.224 e. The molecule has 0 aliphatic heterocycles. The van der Waals surface area contributed by atoms with Gasteiger partial charge in [0.1, 0.15) is 22.4 Å². The number of halogens is 2. The van der Waals surface area contributed by atoms with Crippen molar-refractivity contribution in [1.29, 1.82) is 5.26 Å². The molecule has 0 atom stereocenters. The predicted molar refractivity (Wildman–Crippen MR) is 73.9 cm³/mol. The maximum absolute atomic E-state index is 9.06. The number of aromatic nitrogens is 2. The van der Waals surface area contributed by atoms with Crippen LogP contribution < -0.4 is 4.74 Å². The summed E-state index contributed by atoms with van der Waals surface area (Å²) in [7, 11) is 1.60. The quantitative estimate of drug-likeness (QED) is 0.637. The molecule has 7 heteroatoms. The van der Waals surface area contributed by atoms with Crippen LogP contribution in [0.3, 0.4) is 0 Å². The van der Waals surface area contributed by atoms with Crippen molar-refractivity contribution in [3.63, 3.8) is 0 Å². The fraction of sp³-hybridized carbons (Fsp3) is 0.0833. The minimum absolute atomic E-state index is 0.0139. The summed E-state index contributed by atoms with van der Waals surface area (Å²) in [4.78, 5) is 8.65. The number of ether oxygens (including phenoxy) is 1. The van der Waals surface area contributed by atoms with E-state index in [0.29, 0.717) is 5.03 Å². The van der Waals surface area contributed by atoms with E-state index in [4.69, 9.17) is 33.2 Å². The summed E-state index contributed by atoms with van der Waals surface area (Å²) in [5, 5.41) is 9.56. The molecule has 0 spiro atoms. The largest absolute Gasteiger partial charge is 0.497 e. The molecule has 0 aliphatic carbocycles. The van der Waals surface area contributed by atoms with Crippen LogP contribution in [0.5, 0.6) is 5.75 Å². The van der Waals surface area contributed by atoms with Crippen LogP contribution >= 0.6 is 35.0 Å². The van der Waals surface area contributed by atoms with E-state index in [2.05, 4.69) is 9.97 Å². The Morgan fingerprint density at radius 2 is 1.89 bits per heavy atom. The summed E-state index contributed by atoms with van der Waals surface area (Å²) in [6.45, 7) is 0. The third-order valence-corrected chi connectivity index (χ3v) is 3.63. The Labute approximate surface area is 124 Å². The highest BCUT2D eigenvalue weighted by Crippen LogP contribution is 2.32. The van der Waals surface area contributed by atoms with Crippen LogP contribution in [-0.4, -0.2) is 17.1 Å². The lowest BCUT2D eigenvalue weighted by molar-refractivity contribution is 0.414. The van der Waals surface area contributed by atoms with E-state index in [9.17, 15) is 0 Å². The normalized spacial score (nSPS) is 10.0. The van der Waals surface area contributed by atoms with E-state index < -0.39 is 0 Å². The Kier molecular flexibility index (Phi) is 4.48. The van der Waals surface area contributed by atoms with E-state index in [1.54, 1.807) is 7.11 Å². The minimum atomic E-state index is 0.0139. The molecule has 0 unspecified atom stereocenters. The first kappa shape index (κ1) is 13.9. The molecule has 0 bridgehead atoms. The van der Waals surface area contributed by atoms with Crippen molar-refractivity contribution in [2.75, 3.05) is 7.11 Å². The number of nitrogens with zero attached hydrogens (tertiary/aromatic N) is 3. The van der Waals surface area contributed by atoms with Gasteiger partial charge in [-0.1, -0.05) is 23.4 Å². The lowest BCUT2D eigenvalue weighted by atomic mass is 10.3. The number of rotatable bonds is 3. The van der Waals surface area contributed by atoms with Crippen molar-refractivity contribution < 1.29 is 4.74 Å². The van der Waals surface area contributed by atoms with Crippen LogP contribution in [0.15, 0.2) is 34.2 Å². The Bertz CT molecular complexity index is 641. The highest BCUT2D eigenvalue weighted by Gasteiger charge is 2.13. The van der Waals surface area contributed by atoms with Gasteiger partial charge in [0, 0.05) is 4.90 Å².